The van der Waals surface area contributed by atoms with Crippen LogP contribution in [0.1, 0.15) is 18.7 Å². The zero-order valence-electron chi connectivity index (χ0n) is 21.1. The van der Waals surface area contributed by atoms with Gasteiger partial charge in [-0.25, -0.2) is 9.36 Å². The zero-order chi connectivity index (χ0) is 28.5. The standard InChI is InChI=1S/C23H21N11O5S2/c24-23-26-18(30-41-23)14(29-39-13-3-1-2-4-13)19(35)25-15-20(36)34-16(22(37)38)12(10-40-21(15)34)9-33-7-5-11(6-8-33)17-27-31-32-28-17/h1,3,5-8,13,15,21H,2,4,9-10H2,(H4,24,25,26,30,35,37,38)/p+1/t13?,15?,21-/m1/s1. The first-order valence-electron chi connectivity index (χ1n) is 12.3. The van der Waals surface area contributed by atoms with Gasteiger partial charge in [0.1, 0.15) is 23.2 Å². The highest BCUT2D eigenvalue weighted by Crippen LogP contribution is 2.40. The first-order chi connectivity index (χ1) is 19.9. The van der Waals surface area contributed by atoms with Gasteiger partial charge in [0.25, 0.3) is 11.8 Å². The number of rotatable bonds is 9. The minimum absolute atomic E-state index is 0.0253. The maximum absolute atomic E-state index is 13.2. The summed E-state index contributed by atoms with van der Waals surface area (Å²) in [5.74, 6) is -1.76. The Bertz CT molecular complexity index is 1590. The molecule has 6 rings (SSSR count). The Labute approximate surface area is 239 Å². The lowest BCUT2D eigenvalue weighted by molar-refractivity contribution is -0.689. The van der Waals surface area contributed by atoms with Crippen LogP contribution in [0, 0.1) is 0 Å². The molecule has 1 saturated heterocycles. The van der Waals surface area contributed by atoms with Crippen LogP contribution >= 0.6 is 23.3 Å². The van der Waals surface area contributed by atoms with Crippen LogP contribution < -0.4 is 15.6 Å². The van der Waals surface area contributed by atoms with Crippen molar-refractivity contribution >= 4 is 51.9 Å². The van der Waals surface area contributed by atoms with E-state index in [1.54, 1.807) is 29.1 Å². The predicted octanol–water partition coefficient (Wildman–Crippen LogP) is -0.534. The topological polar surface area (TPSA) is 218 Å². The Morgan fingerprint density at radius 1 is 1.34 bits per heavy atom. The van der Waals surface area contributed by atoms with Gasteiger partial charge in [-0.1, -0.05) is 11.2 Å². The fourth-order valence-electron chi connectivity index (χ4n) is 4.56. The minimum Gasteiger partial charge on any atom is -0.477 e. The average molecular weight is 597 g/mol. The van der Waals surface area contributed by atoms with E-state index in [-0.39, 0.29) is 35.0 Å². The number of fused-ring (bicyclic) bond motifs is 1. The number of β-lactam (4-membered cyclic amide) rings is 1. The van der Waals surface area contributed by atoms with Crippen molar-refractivity contribution in [3.8, 4) is 11.4 Å². The number of nitrogen functional groups attached to an aromatic ring is 1. The van der Waals surface area contributed by atoms with Crippen LogP contribution in [0.4, 0.5) is 5.13 Å². The summed E-state index contributed by atoms with van der Waals surface area (Å²) < 4.78 is 5.85. The number of allylic oxidation sites excluding steroid dienone is 1. The molecule has 0 bridgehead atoms. The van der Waals surface area contributed by atoms with Crippen molar-refractivity contribution in [3.63, 3.8) is 0 Å². The Morgan fingerprint density at radius 2 is 2.17 bits per heavy atom. The maximum atomic E-state index is 13.2. The van der Waals surface area contributed by atoms with Crippen LogP contribution in [0.15, 0.2) is 53.1 Å². The number of nitrogens with zero attached hydrogens (tertiary/aromatic N) is 8. The van der Waals surface area contributed by atoms with Crippen molar-refractivity contribution in [2.75, 3.05) is 11.5 Å². The number of tetrazole rings is 1. The average Bonchev–Trinajstić information content (AvgIpc) is 3.76. The molecule has 2 unspecified atom stereocenters. The van der Waals surface area contributed by atoms with Crippen LogP contribution in [-0.2, 0) is 25.8 Å². The van der Waals surface area contributed by atoms with Crippen molar-refractivity contribution in [2.24, 2.45) is 5.16 Å². The SMILES string of the molecule is Nc1nc(C(=NOC2C=CCC2)C(=O)NC2C(=O)N3C(C(=O)O)=C(C[n+]4ccc(-c5nn[nH]n5)cc4)CS[C@H]23)ns1. The normalized spacial score (nSPS) is 22.0. The molecule has 2 amide bonds. The largest absolute Gasteiger partial charge is 0.477 e. The van der Waals surface area contributed by atoms with Gasteiger partial charge >= 0.3 is 5.97 Å². The third-order valence-corrected chi connectivity index (χ3v) is 8.40. The molecule has 1 fully saturated rings. The van der Waals surface area contributed by atoms with E-state index in [1.807, 2.05) is 12.2 Å². The lowest BCUT2D eigenvalue weighted by Crippen LogP contribution is -2.71. The number of carbonyl (C=O) groups excluding carboxylic acids is 2. The summed E-state index contributed by atoms with van der Waals surface area (Å²) in [6, 6.07) is 2.58. The zero-order valence-corrected chi connectivity index (χ0v) is 22.7. The van der Waals surface area contributed by atoms with Gasteiger partial charge in [0.2, 0.25) is 17.4 Å². The molecular formula is C23H22N11O5S2+. The van der Waals surface area contributed by atoms with Gasteiger partial charge in [-0.15, -0.1) is 22.0 Å². The highest BCUT2D eigenvalue weighted by molar-refractivity contribution is 8.00. The van der Waals surface area contributed by atoms with E-state index in [2.05, 4.69) is 40.5 Å². The molecule has 5 heterocycles. The number of pyridine rings is 1. The van der Waals surface area contributed by atoms with Crippen LogP contribution in [0.2, 0.25) is 0 Å². The Balaban J connectivity index is 1.18. The fraction of sp³-hybridized carbons (Fsp3) is 0.304. The van der Waals surface area contributed by atoms with Crippen molar-refractivity contribution in [1.29, 1.82) is 0 Å². The third-order valence-electron chi connectivity index (χ3n) is 6.52. The molecule has 3 aromatic rings. The first kappa shape index (κ1) is 26.5. The van der Waals surface area contributed by atoms with Gasteiger partial charge in [-0.3, -0.25) is 14.5 Å². The minimum atomic E-state index is -1.23. The number of amides is 2. The van der Waals surface area contributed by atoms with E-state index in [0.29, 0.717) is 23.6 Å². The second kappa shape index (κ2) is 11.0. The van der Waals surface area contributed by atoms with Crippen molar-refractivity contribution in [1.82, 2.24) is 40.2 Å². The number of thioether (sulfide) groups is 1. The summed E-state index contributed by atoms with van der Waals surface area (Å²) in [6.07, 6.45) is 8.57. The number of nitrogens with one attached hydrogen (secondary N) is 2. The third kappa shape index (κ3) is 5.25. The number of nitrogens with two attached hydrogens (primary N) is 1. The monoisotopic (exact) mass is 596 g/mol. The van der Waals surface area contributed by atoms with Crippen LogP contribution in [0.25, 0.3) is 11.4 Å². The number of H-pyrrole nitrogens is 1. The lowest BCUT2D eigenvalue weighted by atomic mass is 10.0. The lowest BCUT2D eigenvalue weighted by Gasteiger charge is -2.49. The molecule has 3 aliphatic rings. The van der Waals surface area contributed by atoms with E-state index < -0.39 is 29.2 Å². The second-order valence-electron chi connectivity index (χ2n) is 9.16. The molecule has 5 N–H and O–H groups in total. The quantitative estimate of drug-likeness (QED) is 0.0805. The van der Waals surface area contributed by atoms with E-state index in [9.17, 15) is 19.5 Å². The highest BCUT2D eigenvalue weighted by Gasteiger charge is 2.55. The number of oxime groups is 1. The summed E-state index contributed by atoms with van der Waals surface area (Å²) in [7, 11) is 0. The van der Waals surface area contributed by atoms with Crippen LogP contribution in [0.5, 0.6) is 0 Å². The molecule has 0 aromatic carbocycles. The smallest absolute Gasteiger partial charge is 0.352 e. The van der Waals surface area contributed by atoms with E-state index in [1.165, 1.54) is 16.7 Å². The molecule has 41 heavy (non-hydrogen) atoms. The van der Waals surface area contributed by atoms with Crippen molar-refractivity contribution in [3.05, 3.63) is 53.8 Å². The summed E-state index contributed by atoms with van der Waals surface area (Å²) in [5.41, 5.74) is 6.66. The van der Waals surface area contributed by atoms with E-state index >= 15 is 0 Å². The van der Waals surface area contributed by atoms with Crippen molar-refractivity contribution < 1.29 is 28.9 Å². The van der Waals surface area contributed by atoms with Gasteiger partial charge < -0.3 is 21.0 Å². The fourth-order valence-corrected chi connectivity index (χ4v) is 6.33. The Hall–Kier alpha value is -4.71. The van der Waals surface area contributed by atoms with Gasteiger partial charge in [0.05, 0.1) is 0 Å². The van der Waals surface area contributed by atoms with E-state index in [4.69, 9.17) is 10.6 Å². The summed E-state index contributed by atoms with van der Waals surface area (Å²) in [6.45, 7) is 0.245. The number of aliphatic carboxylic acids is 1. The van der Waals surface area contributed by atoms with E-state index in [0.717, 1.165) is 23.5 Å². The first-order valence-corrected chi connectivity index (χ1v) is 14.1. The number of anilines is 1. The number of aromatic amines is 1. The number of carboxylic acid groups (broad SMARTS) is 1. The molecular weight excluding hydrogens is 574 g/mol. The molecule has 2 aliphatic heterocycles. The van der Waals surface area contributed by atoms with Gasteiger partial charge in [0.15, 0.2) is 24.1 Å². The van der Waals surface area contributed by atoms with Crippen molar-refractivity contribution in [2.45, 2.75) is 36.9 Å². The number of hydrogen-bond acceptors (Lipinski definition) is 13. The molecule has 0 spiro atoms. The Kier molecular flexibility index (Phi) is 7.14. The molecule has 0 saturated carbocycles. The van der Waals surface area contributed by atoms with Crippen LogP contribution in [0.3, 0.4) is 0 Å². The second-order valence-corrected chi connectivity index (χ2v) is 11.0. The number of hydrogen-bond donors (Lipinski definition) is 4. The molecule has 0 radical (unpaired) electrons. The van der Waals surface area contributed by atoms with Gasteiger partial charge in [-0.05, 0) is 24.1 Å². The number of carboxylic acids is 1. The van der Waals surface area contributed by atoms with Gasteiger partial charge in [-0.2, -0.15) is 14.6 Å². The Morgan fingerprint density at radius 3 is 2.83 bits per heavy atom. The summed E-state index contributed by atoms with van der Waals surface area (Å²) in [5, 5.41) is 30.0. The summed E-state index contributed by atoms with van der Waals surface area (Å²) in [4.78, 5) is 49.4. The molecule has 18 heteroatoms. The number of carbonyl (C=O) groups is 3. The molecule has 16 nitrogen and oxygen atoms in total. The predicted molar refractivity (Wildman–Crippen MR) is 144 cm³/mol. The highest BCUT2D eigenvalue weighted by atomic mass is 32.2. The number of aromatic nitrogens is 7. The molecule has 210 valence electrons. The molecule has 3 atom stereocenters. The van der Waals surface area contributed by atoms with Gasteiger partial charge in [0, 0.05) is 40.6 Å². The van der Waals surface area contributed by atoms with Crippen LogP contribution in [-0.4, -0.2) is 86.8 Å². The molecule has 1 aliphatic carbocycles. The molecule has 3 aromatic heterocycles. The summed E-state index contributed by atoms with van der Waals surface area (Å²) >= 11 is 2.25. The maximum Gasteiger partial charge on any atom is 0.352 e.